The van der Waals surface area contributed by atoms with Gasteiger partial charge in [-0.25, -0.2) is 9.18 Å². The van der Waals surface area contributed by atoms with Crippen LogP contribution < -0.4 is 4.90 Å². The molecule has 1 rings (SSSR count). The number of amides is 1. The Balaban J connectivity index is 2.90. The molecule has 0 aliphatic heterocycles. The third kappa shape index (κ3) is 4.29. The van der Waals surface area contributed by atoms with Crippen LogP contribution in [-0.4, -0.2) is 17.4 Å². The molecule has 1 aromatic carbocycles. The zero-order valence-electron chi connectivity index (χ0n) is 9.60. The third-order valence-corrected chi connectivity index (χ3v) is 2.30. The largest absolute Gasteiger partial charge is 0.463 e. The summed E-state index contributed by atoms with van der Waals surface area (Å²) in [5, 5.41) is 0. The fourth-order valence-electron chi connectivity index (χ4n) is 1.20. The summed E-state index contributed by atoms with van der Waals surface area (Å²) in [4.78, 5) is 23.0. The van der Waals surface area contributed by atoms with Gasteiger partial charge in [-0.05, 0) is 25.1 Å². The highest BCUT2D eigenvalue weighted by molar-refractivity contribution is 9.18. The Morgan fingerprint density at radius 2 is 2.22 bits per heavy atom. The van der Waals surface area contributed by atoms with Gasteiger partial charge in [-0.1, -0.05) is 6.07 Å². The van der Waals surface area contributed by atoms with E-state index >= 15 is 0 Å². The molecular formula is C12H11BrFNO3. The second-order valence-electron chi connectivity index (χ2n) is 3.17. The van der Waals surface area contributed by atoms with Crippen molar-refractivity contribution >= 4 is 32.4 Å². The first-order chi connectivity index (χ1) is 8.54. The normalized spacial score (nSPS) is 10.4. The average Bonchev–Trinajstić information content (AvgIpc) is 2.29. The minimum atomic E-state index is -0.576. The predicted molar refractivity (Wildman–Crippen MR) is 69.0 cm³/mol. The van der Waals surface area contributed by atoms with Crippen molar-refractivity contribution in [1.29, 1.82) is 0 Å². The topological polar surface area (TPSA) is 46.6 Å². The van der Waals surface area contributed by atoms with Crippen molar-refractivity contribution in [2.75, 3.05) is 11.5 Å². The standard InChI is InChI=1S/C12H11BrFNO3/c1-2-18-11(16)6-7-15(12(13)17)10-5-3-4-9(14)8-10/h3-8H,2H2,1H3/b7-6+. The van der Waals surface area contributed by atoms with Crippen LogP contribution in [-0.2, 0) is 9.53 Å². The quantitative estimate of drug-likeness (QED) is 0.371. The summed E-state index contributed by atoms with van der Waals surface area (Å²) >= 11 is 2.75. The first kappa shape index (κ1) is 14.4. The maximum Gasteiger partial charge on any atom is 0.332 e. The molecule has 0 saturated heterocycles. The Kier molecular flexibility index (Phi) is 5.51. The average molecular weight is 316 g/mol. The Morgan fingerprint density at radius 3 is 2.78 bits per heavy atom. The fraction of sp³-hybridized carbons (Fsp3) is 0.167. The summed E-state index contributed by atoms with van der Waals surface area (Å²) < 4.78 is 17.7. The highest BCUT2D eigenvalue weighted by Gasteiger charge is 2.11. The van der Waals surface area contributed by atoms with E-state index in [9.17, 15) is 14.0 Å². The number of nitrogens with zero attached hydrogens (tertiary/aromatic N) is 1. The van der Waals surface area contributed by atoms with Crippen LogP contribution in [0.5, 0.6) is 0 Å². The van der Waals surface area contributed by atoms with Gasteiger partial charge in [-0.15, -0.1) is 0 Å². The van der Waals surface area contributed by atoms with Crippen LogP contribution in [0.2, 0.25) is 0 Å². The Morgan fingerprint density at radius 1 is 1.50 bits per heavy atom. The highest BCUT2D eigenvalue weighted by atomic mass is 79.9. The van der Waals surface area contributed by atoms with Gasteiger partial charge in [0.15, 0.2) is 0 Å². The van der Waals surface area contributed by atoms with Crippen LogP contribution in [0, 0.1) is 5.82 Å². The lowest BCUT2D eigenvalue weighted by atomic mass is 10.3. The molecule has 0 saturated carbocycles. The van der Waals surface area contributed by atoms with Crippen molar-refractivity contribution < 1.29 is 18.7 Å². The number of hydrogen-bond acceptors (Lipinski definition) is 3. The molecule has 0 unspecified atom stereocenters. The van der Waals surface area contributed by atoms with E-state index in [-0.39, 0.29) is 6.61 Å². The van der Waals surface area contributed by atoms with Gasteiger partial charge < -0.3 is 4.74 Å². The lowest BCUT2D eigenvalue weighted by Gasteiger charge is -2.14. The number of hydrogen-bond donors (Lipinski definition) is 0. The molecule has 4 nitrogen and oxygen atoms in total. The maximum absolute atomic E-state index is 13.0. The summed E-state index contributed by atoms with van der Waals surface area (Å²) in [5.41, 5.74) is 0.303. The first-order valence-corrected chi connectivity index (χ1v) is 5.93. The molecule has 0 aliphatic rings. The van der Waals surface area contributed by atoms with E-state index in [1.165, 1.54) is 30.5 Å². The monoisotopic (exact) mass is 315 g/mol. The van der Waals surface area contributed by atoms with Gasteiger partial charge >= 0.3 is 5.97 Å². The molecule has 18 heavy (non-hydrogen) atoms. The molecule has 96 valence electrons. The number of esters is 1. The molecule has 0 atom stereocenters. The van der Waals surface area contributed by atoms with Gasteiger partial charge in [0.1, 0.15) is 5.82 Å². The van der Waals surface area contributed by atoms with Crippen LogP contribution in [0.4, 0.5) is 14.9 Å². The van der Waals surface area contributed by atoms with E-state index in [0.717, 1.165) is 11.0 Å². The van der Waals surface area contributed by atoms with Crippen LogP contribution in [0.3, 0.4) is 0 Å². The number of ether oxygens (including phenoxy) is 1. The Hall–Kier alpha value is -1.69. The van der Waals surface area contributed by atoms with E-state index in [2.05, 4.69) is 20.7 Å². The lowest BCUT2D eigenvalue weighted by molar-refractivity contribution is -0.137. The molecule has 0 N–H and O–H groups in total. The number of anilines is 1. The van der Waals surface area contributed by atoms with Gasteiger partial charge in [0.2, 0.25) is 0 Å². The van der Waals surface area contributed by atoms with Crippen molar-refractivity contribution in [2.24, 2.45) is 0 Å². The minimum absolute atomic E-state index is 0.241. The number of halogens is 2. The van der Waals surface area contributed by atoms with Crippen LogP contribution in [0.25, 0.3) is 0 Å². The fourth-order valence-corrected chi connectivity index (χ4v) is 1.52. The van der Waals surface area contributed by atoms with Gasteiger partial charge in [0.25, 0.3) is 4.82 Å². The van der Waals surface area contributed by atoms with E-state index in [1.807, 2.05) is 0 Å². The molecule has 0 fully saturated rings. The Labute approximate surface area is 112 Å². The molecule has 0 heterocycles. The van der Waals surface area contributed by atoms with Gasteiger partial charge in [0.05, 0.1) is 12.3 Å². The van der Waals surface area contributed by atoms with Crippen molar-refractivity contribution in [2.45, 2.75) is 6.92 Å². The molecule has 6 heteroatoms. The second kappa shape index (κ2) is 6.90. The van der Waals surface area contributed by atoms with Crippen molar-refractivity contribution in [3.63, 3.8) is 0 Å². The molecule has 0 aliphatic carbocycles. The van der Waals surface area contributed by atoms with Crippen molar-refractivity contribution in [3.05, 3.63) is 42.4 Å². The summed E-state index contributed by atoms with van der Waals surface area (Å²) in [5.74, 6) is -1.05. The molecule has 0 bridgehead atoms. The Bertz CT molecular complexity index is 476. The smallest absolute Gasteiger partial charge is 0.332 e. The van der Waals surface area contributed by atoms with Gasteiger partial charge in [-0.3, -0.25) is 9.69 Å². The van der Waals surface area contributed by atoms with Gasteiger partial charge in [0, 0.05) is 28.2 Å². The molecule has 1 amide bonds. The molecule has 1 aromatic rings. The zero-order chi connectivity index (χ0) is 13.5. The predicted octanol–water partition coefficient (Wildman–Crippen LogP) is 3.22. The van der Waals surface area contributed by atoms with Crippen molar-refractivity contribution in [3.8, 4) is 0 Å². The van der Waals surface area contributed by atoms with Crippen LogP contribution in [0.1, 0.15) is 6.92 Å². The van der Waals surface area contributed by atoms with E-state index < -0.39 is 16.6 Å². The van der Waals surface area contributed by atoms with E-state index in [0.29, 0.717) is 5.69 Å². The number of carbonyl (C=O) groups excluding carboxylic acids is 2. The summed E-state index contributed by atoms with van der Waals surface area (Å²) in [6.45, 7) is 1.91. The van der Waals surface area contributed by atoms with Gasteiger partial charge in [-0.2, -0.15) is 0 Å². The highest BCUT2D eigenvalue weighted by Crippen LogP contribution is 2.18. The first-order valence-electron chi connectivity index (χ1n) is 5.13. The van der Waals surface area contributed by atoms with Crippen LogP contribution in [0.15, 0.2) is 36.5 Å². The number of carbonyl (C=O) groups is 2. The zero-order valence-corrected chi connectivity index (χ0v) is 11.2. The SMILES string of the molecule is CCOC(=O)/C=C/N(C(=O)Br)c1cccc(F)c1. The molecular weight excluding hydrogens is 305 g/mol. The molecule has 0 aromatic heterocycles. The third-order valence-electron chi connectivity index (χ3n) is 1.92. The summed E-state index contributed by atoms with van der Waals surface area (Å²) in [7, 11) is 0. The van der Waals surface area contributed by atoms with E-state index in [1.54, 1.807) is 6.92 Å². The lowest BCUT2D eigenvalue weighted by Crippen LogP contribution is -2.19. The molecule has 0 radical (unpaired) electrons. The number of benzene rings is 1. The summed E-state index contributed by atoms with van der Waals surface area (Å²) in [6, 6.07) is 5.44. The summed E-state index contributed by atoms with van der Waals surface area (Å²) in [6.07, 6.45) is 2.30. The van der Waals surface area contributed by atoms with Crippen molar-refractivity contribution in [1.82, 2.24) is 0 Å². The minimum Gasteiger partial charge on any atom is -0.463 e. The number of rotatable bonds is 4. The second-order valence-corrected chi connectivity index (χ2v) is 3.85. The molecule has 0 spiro atoms. The van der Waals surface area contributed by atoms with E-state index in [4.69, 9.17) is 0 Å². The van der Waals surface area contributed by atoms with Crippen LogP contribution >= 0.6 is 15.9 Å². The maximum atomic E-state index is 13.0.